The number of anilines is 1. The Hall–Kier alpha value is -1.36. The molecule has 1 aromatic heterocycles. The lowest BCUT2D eigenvalue weighted by molar-refractivity contribution is -0.109. The van der Waals surface area contributed by atoms with Crippen molar-refractivity contribution in [3.05, 3.63) is 24.0 Å². The molecule has 0 saturated carbocycles. The van der Waals surface area contributed by atoms with Gasteiger partial charge in [-0.25, -0.2) is 9.97 Å². The summed E-state index contributed by atoms with van der Waals surface area (Å²) in [7, 11) is 3.79. The molecule has 4 nitrogen and oxygen atoms in total. The Labute approximate surface area is 99.8 Å². The van der Waals surface area contributed by atoms with Crippen LogP contribution in [0.15, 0.2) is 18.5 Å². The van der Waals surface area contributed by atoms with E-state index in [1.165, 1.54) is 11.8 Å². The predicted octanol–water partition coefficient (Wildman–Crippen LogP) is 1.84. The summed E-state index contributed by atoms with van der Waals surface area (Å²) in [6, 6.07) is 0. The summed E-state index contributed by atoms with van der Waals surface area (Å²) in [5.41, 5.74) is 0.940. The van der Waals surface area contributed by atoms with Gasteiger partial charge >= 0.3 is 0 Å². The zero-order chi connectivity index (χ0) is 12.0. The van der Waals surface area contributed by atoms with E-state index in [0.29, 0.717) is 11.7 Å². The van der Waals surface area contributed by atoms with Crippen molar-refractivity contribution in [2.45, 2.75) is 6.92 Å². The monoisotopic (exact) mass is 237 g/mol. The Kier molecular flexibility index (Phi) is 4.98. The lowest BCUT2D eigenvalue weighted by Gasteiger charge is -2.08. The van der Waals surface area contributed by atoms with E-state index in [0.717, 1.165) is 5.56 Å². The molecule has 0 aromatic carbocycles. The van der Waals surface area contributed by atoms with Crippen molar-refractivity contribution in [2.75, 3.05) is 24.7 Å². The number of hydrogen-bond acceptors (Lipinski definition) is 5. The van der Waals surface area contributed by atoms with Crippen molar-refractivity contribution in [1.29, 1.82) is 0 Å². The maximum Gasteiger partial charge on any atom is 0.224 e. The maximum absolute atomic E-state index is 10.7. The number of nitrogens with zero attached hydrogens (tertiary/aromatic N) is 3. The highest BCUT2D eigenvalue weighted by Crippen LogP contribution is 2.06. The van der Waals surface area contributed by atoms with Crippen LogP contribution in [-0.4, -0.2) is 34.9 Å². The van der Waals surface area contributed by atoms with E-state index in [1.807, 2.05) is 31.1 Å². The number of carbonyl (C=O) groups is 1. The molecule has 0 N–H and O–H groups in total. The number of carbonyl (C=O) groups excluding carboxylic acids is 1. The standard InChI is InChI=1S/C11H15N3OS/c1-9(15)16-6-4-5-10-7-12-11(13-8-10)14(2)3/h4-5,7-8H,6H2,1-3H3. The quantitative estimate of drug-likeness (QED) is 0.799. The lowest BCUT2D eigenvalue weighted by Crippen LogP contribution is -2.12. The van der Waals surface area contributed by atoms with Crippen LogP contribution >= 0.6 is 11.8 Å². The van der Waals surface area contributed by atoms with Gasteiger partial charge in [0, 0.05) is 44.7 Å². The third kappa shape index (κ3) is 4.44. The van der Waals surface area contributed by atoms with Crippen molar-refractivity contribution in [2.24, 2.45) is 0 Å². The topological polar surface area (TPSA) is 46.1 Å². The van der Waals surface area contributed by atoms with Gasteiger partial charge in [0.25, 0.3) is 0 Å². The van der Waals surface area contributed by atoms with Gasteiger partial charge in [-0.15, -0.1) is 0 Å². The SMILES string of the molecule is CC(=O)SCC=Cc1cnc(N(C)C)nc1. The summed E-state index contributed by atoms with van der Waals surface area (Å²) in [5, 5.41) is 0.129. The van der Waals surface area contributed by atoms with E-state index in [9.17, 15) is 4.79 Å². The molecule has 0 aliphatic heterocycles. The van der Waals surface area contributed by atoms with Gasteiger partial charge in [-0.05, 0) is 0 Å². The van der Waals surface area contributed by atoms with E-state index >= 15 is 0 Å². The van der Waals surface area contributed by atoms with Crippen molar-refractivity contribution in [3.63, 3.8) is 0 Å². The fourth-order valence-corrected chi connectivity index (χ4v) is 1.43. The van der Waals surface area contributed by atoms with E-state index in [4.69, 9.17) is 0 Å². The molecule has 0 aliphatic carbocycles. The van der Waals surface area contributed by atoms with Crippen molar-refractivity contribution >= 4 is 28.9 Å². The zero-order valence-electron chi connectivity index (χ0n) is 9.67. The fraction of sp³-hybridized carbons (Fsp3) is 0.364. The van der Waals surface area contributed by atoms with E-state index in [1.54, 1.807) is 19.3 Å². The van der Waals surface area contributed by atoms with Crippen LogP contribution in [0.2, 0.25) is 0 Å². The molecule has 5 heteroatoms. The molecular weight excluding hydrogens is 222 g/mol. The summed E-state index contributed by atoms with van der Waals surface area (Å²) in [4.78, 5) is 20.9. The van der Waals surface area contributed by atoms with Crippen LogP contribution in [0.5, 0.6) is 0 Å². The average molecular weight is 237 g/mol. The molecule has 0 spiro atoms. The van der Waals surface area contributed by atoms with Crippen LogP contribution in [0.1, 0.15) is 12.5 Å². The molecule has 0 saturated heterocycles. The second kappa shape index (κ2) is 6.27. The highest BCUT2D eigenvalue weighted by molar-refractivity contribution is 8.13. The first-order valence-electron chi connectivity index (χ1n) is 4.89. The Morgan fingerprint density at radius 3 is 2.56 bits per heavy atom. The molecule has 0 fully saturated rings. The highest BCUT2D eigenvalue weighted by Gasteiger charge is 1.96. The predicted molar refractivity (Wildman–Crippen MR) is 68.5 cm³/mol. The smallest absolute Gasteiger partial charge is 0.224 e. The molecule has 0 amide bonds. The van der Waals surface area contributed by atoms with E-state index in [-0.39, 0.29) is 5.12 Å². The molecule has 16 heavy (non-hydrogen) atoms. The van der Waals surface area contributed by atoms with Crippen LogP contribution in [0.4, 0.5) is 5.95 Å². The van der Waals surface area contributed by atoms with Gasteiger partial charge in [-0.3, -0.25) is 4.79 Å². The Morgan fingerprint density at radius 2 is 2.06 bits per heavy atom. The summed E-state index contributed by atoms with van der Waals surface area (Å²) >= 11 is 1.28. The maximum atomic E-state index is 10.7. The van der Waals surface area contributed by atoms with Crippen LogP contribution in [0.3, 0.4) is 0 Å². The van der Waals surface area contributed by atoms with Crippen molar-refractivity contribution in [3.8, 4) is 0 Å². The van der Waals surface area contributed by atoms with Gasteiger partial charge in [-0.2, -0.15) is 0 Å². The fourth-order valence-electron chi connectivity index (χ4n) is 0.998. The number of rotatable bonds is 4. The first-order chi connectivity index (χ1) is 7.59. The van der Waals surface area contributed by atoms with Gasteiger partial charge in [0.2, 0.25) is 5.95 Å². The molecule has 1 rings (SSSR count). The van der Waals surface area contributed by atoms with Crippen LogP contribution < -0.4 is 4.90 Å². The first kappa shape index (κ1) is 12.7. The summed E-state index contributed by atoms with van der Waals surface area (Å²) in [5.74, 6) is 1.38. The number of thioether (sulfide) groups is 1. The van der Waals surface area contributed by atoms with E-state index < -0.39 is 0 Å². The second-order valence-corrected chi connectivity index (χ2v) is 4.61. The molecule has 0 aliphatic rings. The van der Waals surface area contributed by atoms with E-state index in [2.05, 4.69) is 9.97 Å². The normalized spacial score (nSPS) is 10.7. The third-order valence-corrected chi connectivity index (χ3v) is 2.52. The van der Waals surface area contributed by atoms with Crippen LogP contribution in [0.25, 0.3) is 6.08 Å². The van der Waals surface area contributed by atoms with Gasteiger partial charge in [0.15, 0.2) is 5.12 Å². The number of hydrogen-bond donors (Lipinski definition) is 0. The minimum atomic E-state index is 0.129. The van der Waals surface area contributed by atoms with Crippen molar-refractivity contribution in [1.82, 2.24) is 9.97 Å². The average Bonchev–Trinajstić information content (AvgIpc) is 2.25. The summed E-state index contributed by atoms with van der Waals surface area (Å²) < 4.78 is 0. The lowest BCUT2D eigenvalue weighted by atomic mass is 10.3. The molecule has 0 bridgehead atoms. The first-order valence-corrected chi connectivity index (χ1v) is 5.87. The Bertz CT molecular complexity index is 373. The molecule has 0 unspecified atom stereocenters. The van der Waals surface area contributed by atoms with Gasteiger partial charge < -0.3 is 4.90 Å². The largest absolute Gasteiger partial charge is 0.347 e. The van der Waals surface area contributed by atoms with Crippen LogP contribution in [-0.2, 0) is 4.79 Å². The van der Waals surface area contributed by atoms with Gasteiger partial charge in [0.1, 0.15) is 0 Å². The molecule has 86 valence electrons. The molecule has 0 radical (unpaired) electrons. The molecule has 1 aromatic rings. The van der Waals surface area contributed by atoms with Gasteiger partial charge in [0.05, 0.1) is 0 Å². The minimum absolute atomic E-state index is 0.129. The van der Waals surface area contributed by atoms with Crippen molar-refractivity contribution < 1.29 is 4.79 Å². The van der Waals surface area contributed by atoms with Crippen LogP contribution in [0, 0.1) is 0 Å². The zero-order valence-corrected chi connectivity index (χ0v) is 10.5. The molecular formula is C11H15N3OS. The molecule has 0 atom stereocenters. The Morgan fingerprint density at radius 1 is 1.44 bits per heavy atom. The second-order valence-electron chi connectivity index (χ2n) is 3.42. The minimum Gasteiger partial charge on any atom is -0.347 e. The summed E-state index contributed by atoms with van der Waals surface area (Å²) in [6.07, 6.45) is 7.37. The summed E-state index contributed by atoms with van der Waals surface area (Å²) in [6.45, 7) is 1.56. The Balaban J connectivity index is 2.51. The van der Waals surface area contributed by atoms with Gasteiger partial charge in [-0.1, -0.05) is 23.9 Å². The third-order valence-electron chi connectivity index (χ3n) is 1.75. The highest BCUT2D eigenvalue weighted by atomic mass is 32.2. The number of aromatic nitrogens is 2. The molecule has 1 heterocycles.